The van der Waals surface area contributed by atoms with Gasteiger partial charge in [-0.15, -0.1) is 0 Å². The summed E-state index contributed by atoms with van der Waals surface area (Å²) in [4.78, 5) is 19.4. The van der Waals surface area contributed by atoms with E-state index in [1.165, 1.54) is 0 Å². The smallest absolute Gasteiger partial charge is 0.357 e. The summed E-state index contributed by atoms with van der Waals surface area (Å²) in [5.41, 5.74) is 4.29. The lowest BCUT2D eigenvalue weighted by molar-refractivity contribution is 0.0518. The fourth-order valence-corrected chi connectivity index (χ4v) is 2.33. The lowest BCUT2D eigenvalue weighted by Gasteiger charge is -2.07. The van der Waals surface area contributed by atoms with Crippen molar-refractivity contribution in [3.63, 3.8) is 0 Å². The average molecular weight is 385 g/mol. The predicted octanol–water partition coefficient (Wildman–Crippen LogP) is 4.37. The molecule has 2 rings (SSSR count). The van der Waals surface area contributed by atoms with Crippen LogP contribution in [0.15, 0.2) is 12.4 Å². The first-order valence-electron chi connectivity index (χ1n) is 7.74. The molecular weight excluding hydrogens is 363 g/mol. The van der Waals surface area contributed by atoms with E-state index in [9.17, 15) is 4.79 Å². The SMILES string of the molecule is CCOC(=O)c1ncc(C)c(Cl)c1C.Cc1cnc(CO)c(C)c1Cl. The van der Waals surface area contributed by atoms with Crippen LogP contribution in [-0.2, 0) is 11.3 Å². The van der Waals surface area contributed by atoms with E-state index in [1.54, 1.807) is 26.2 Å². The van der Waals surface area contributed by atoms with Crippen molar-refractivity contribution in [1.29, 1.82) is 0 Å². The van der Waals surface area contributed by atoms with Gasteiger partial charge in [-0.05, 0) is 51.3 Å². The number of carbonyl (C=O) groups excluding carboxylic acids is 1. The number of nitrogens with zero attached hydrogens (tertiary/aromatic N) is 2. The molecule has 0 aliphatic rings. The van der Waals surface area contributed by atoms with Gasteiger partial charge in [-0.3, -0.25) is 4.98 Å². The minimum atomic E-state index is -0.424. The fraction of sp³-hybridized carbons (Fsp3) is 0.389. The molecule has 7 heteroatoms. The van der Waals surface area contributed by atoms with Gasteiger partial charge in [0, 0.05) is 23.0 Å². The molecule has 136 valence electrons. The summed E-state index contributed by atoms with van der Waals surface area (Å²) in [6.07, 6.45) is 3.24. The van der Waals surface area contributed by atoms with Crippen molar-refractivity contribution in [3.05, 3.63) is 56.1 Å². The van der Waals surface area contributed by atoms with Crippen LogP contribution in [0.3, 0.4) is 0 Å². The van der Waals surface area contributed by atoms with Crippen LogP contribution in [0, 0.1) is 27.7 Å². The summed E-state index contributed by atoms with van der Waals surface area (Å²) in [5.74, 6) is -0.424. The van der Waals surface area contributed by atoms with Gasteiger partial charge in [-0.2, -0.15) is 0 Å². The number of hydrogen-bond acceptors (Lipinski definition) is 5. The second kappa shape index (κ2) is 9.70. The number of pyridine rings is 2. The molecule has 0 radical (unpaired) electrons. The summed E-state index contributed by atoms with van der Waals surface area (Å²) in [5, 5.41) is 10.1. The third-order valence-corrected chi connectivity index (χ3v) is 4.72. The van der Waals surface area contributed by atoms with E-state index in [4.69, 9.17) is 33.0 Å². The monoisotopic (exact) mass is 384 g/mol. The molecule has 0 amide bonds. The van der Waals surface area contributed by atoms with Crippen LogP contribution in [0.25, 0.3) is 0 Å². The standard InChI is InChI=1S/C10H12ClNO2.C8H10ClNO/c1-4-14-10(13)9-7(3)8(11)6(2)5-12-9;1-5-3-10-7(4-11)6(2)8(5)9/h5H,4H2,1-3H3;3,11H,4H2,1-2H3. The van der Waals surface area contributed by atoms with Gasteiger partial charge in [0.25, 0.3) is 0 Å². The number of aliphatic hydroxyl groups excluding tert-OH is 1. The van der Waals surface area contributed by atoms with E-state index in [0.29, 0.717) is 33.6 Å². The number of ether oxygens (including phenoxy) is 1. The Kier molecular flexibility index (Phi) is 8.29. The number of rotatable bonds is 3. The van der Waals surface area contributed by atoms with Crippen LogP contribution in [-0.4, -0.2) is 27.7 Å². The first-order chi connectivity index (χ1) is 11.7. The number of aromatic nitrogens is 2. The fourth-order valence-electron chi connectivity index (χ4n) is 2.03. The highest BCUT2D eigenvalue weighted by molar-refractivity contribution is 6.32. The Morgan fingerprint density at radius 1 is 1.04 bits per heavy atom. The number of aryl methyl sites for hydroxylation is 2. The van der Waals surface area contributed by atoms with Gasteiger partial charge in [0.1, 0.15) is 0 Å². The van der Waals surface area contributed by atoms with Crippen LogP contribution in [0.1, 0.15) is 45.4 Å². The molecule has 2 aromatic rings. The normalized spacial score (nSPS) is 10.1. The zero-order chi connectivity index (χ0) is 19.1. The Bertz CT molecular complexity index is 764. The van der Waals surface area contributed by atoms with E-state index < -0.39 is 5.97 Å². The molecular formula is C18H22Cl2N2O3. The molecule has 2 heterocycles. The zero-order valence-electron chi connectivity index (χ0n) is 15.0. The molecule has 2 aromatic heterocycles. The number of aliphatic hydroxyl groups is 1. The summed E-state index contributed by atoms with van der Waals surface area (Å²) in [7, 11) is 0. The number of halogens is 2. The molecule has 0 fully saturated rings. The molecule has 0 saturated carbocycles. The Hall–Kier alpha value is -1.69. The molecule has 0 aliphatic heterocycles. The highest BCUT2D eigenvalue weighted by Crippen LogP contribution is 2.22. The van der Waals surface area contributed by atoms with Gasteiger partial charge in [0.05, 0.1) is 23.9 Å². The van der Waals surface area contributed by atoms with Crippen LogP contribution >= 0.6 is 23.2 Å². The van der Waals surface area contributed by atoms with Crippen molar-refractivity contribution in [2.75, 3.05) is 6.61 Å². The van der Waals surface area contributed by atoms with Crippen molar-refractivity contribution in [3.8, 4) is 0 Å². The number of hydrogen-bond donors (Lipinski definition) is 1. The quantitative estimate of drug-likeness (QED) is 0.795. The van der Waals surface area contributed by atoms with Crippen molar-refractivity contribution < 1.29 is 14.6 Å². The molecule has 0 saturated heterocycles. The van der Waals surface area contributed by atoms with Gasteiger partial charge < -0.3 is 9.84 Å². The Balaban J connectivity index is 0.000000257. The minimum absolute atomic E-state index is 0.0498. The maximum atomic E-state index is 11.4. The summed E-state index contributed by atoms with van der Waals surface area (Å²) in [6.45, 7) is 9.39. The molecule has 0 atom stereocenters. The van der Waals surface area contributed by atoms with E-state index in [-0.39, 0.29) is 6.61 Å². The van der Waals surface area contributed by atoms with Crippen molar-refractivity contribution in [2.45, 2.75) is 41.2 Å². The second-order valence-electron chi connectivity index (χ2n) is 5.43. The van der Waals surface area contributed by atoms with Crippen LogP contribution < -0.4 is 0 Å². The third-order valence-electron chi connectivity index (χ3n) is 3.56. The van der Waals surface area contributed by atoms with Gasteiger partial charge in [0.2, 0.25) is 0 Å². The Morgan fingerprint density at radius 2 is 1.56 bits per heavy atom. The minimum Gasteiger partial charge on any atom is -0.461 e. The maximum absolute atomic E-state index is 11.4. The molecule has 5 nitrogen and oxygen atoms in total. The van der Waals surface area contributed by atoms with E-state index in [2.05, 4.69) is 9.97 Å². The second-order valence-corrected chi connectivity index (χ2v) is 6.19. The number of esters is 1. The third kappa shape index (κ3) is 5.39. The molecule has 0 aliphatic carbocycles. The molecule has 0 spiro atoms. The highest BCUT2D eigenvalue weighted by Gasteiger charge is 2.14. The van der Waals surface area contributed by atoms with Crippen LogP contribution in [0.5, 0.6) is 0 Å². The topological polar surface area (TPSA) is 72.3 Å². The first kappa shape index (κ1) is 21.4. The summed E-state index contributed by atoms with van der Waals surface area (Å²) >= 11 is 11.9. The predicted molar refractivity (Wildman–Crippen MR) is 99.3 cm³/mol. The molecule has 25 heavy (non-hydrogen) atoms. The summed E-state index contributed by atoms with van der Waals surface area (Å²) < 4.78 is 4.84. The van der Waals surface area contributed by atoms with Gasteiger partial charge in [-0.25, -0.2) is 9.78 Å². The maximum Gasteiger partial charge on any atom is 0.357 e. The highest BCUT2D eigenvalue weighted by atomic mass is 35.5. The van der Waals surface area contributed by atoms with Crippen LogP contribution in [0.2, 0.25) is 10.0 Å². The Morgan fingerprint density at radius 3 is 2.08 bits per heavy atom. The average Bonchev–Trinajstić information content (AvgIpc) is 2.59. The largest absolute Gasteiger partial charge is 0.461 e. The molecule has 0 aromatic carbocycles. The van der Waals surface area contributed by atoms with Gasteiger partial charge in [-0.1, -0.05) is 23.2 Å². The Labute approximate surface area is 158 Å². The van der Waals surface area contributed by atoms with E-state index >= 15 is 0 Å². The lowest BCUT2D eigenvalue weighted by Crippen LogP contribution is -2.09. The van der Waals surface area contributed by atoms with E-state index in [1.807, 2.05) is 20.8 Å². The van der Waals surface area contributed by atoms with Gasteiger partial charge >= 0.3 is 5.97 Å². The van der Waals surface area contributed by atoms with E-state index in [0.717, 1.165) is 16.7 Å². The molecule has 0 unspecified atom stereocenters. The van der Waals surface area contributed by atoms with Gasteiger partial charge in [0.15, 0.2) is 5.69 Å². The zero-order valence-corrected chi connectivity index (χ0v) is 16.5. The van der Waals surface area contributed by atoms with Crippen molar-refractivity contribution in [2.24, 2.45) is 0 Å². The number of carbonyl (C=O) groups is 1. The first-order valence-corrected chi connectivity index (χ1v) is 8.50. The summed E-state index contributed by atoms with van der Waals surface area (Å²) in [6, 6.07) is 0. The lowest BCUT2D eigenvalue weighted by atomic mass is 10.1. The van der Waals surface area contributed by atoms with Crippen molar-refractivity contribution >= 4 is 29.2 Å². The van der Waals surface area contributed by atoms with Crippen LogP contribution in [0.4, 0.5) is 0 Å². The molecule has 1 N–H and O–H groups in total. The molecule has 0 bridgehead atoms. The van der Waals surface area contributed by atoms with Crippen molar-refractivity contribution in [1.82, 2.24) is 9.97 Å².